The van der Waals surface area contributed by atoms with Gasteiger partial charge in [-0.05, 0) is 25.0 Å². The number of nitrogens with zero attached hydrogens (tertiary/aromatic N) is 1. The van der Waals surface area contributed by atoms with Crippen LogP contribution in [0.25, 0.3) is 0 Å². The van der Waals surface area contributed by atoms with E-state index in [4.69, 9.17) is 10.5 Å². The molecule has 1 aromatic rings. The molecule has 0 saturated carbocycles. The summed E-state index contributed by atoms with van der Waals surface area (Å²) >= 11 is 0. The minimum absolute atomic E-state index is 0.164. The van der Waals surface area contributed by atoms with Crippen LogP contribution in [0.1, 0.15) is 18.4 Å². The fourth-order valence-electron chi connectivity index (χ4n) is 2.13. The summed E-state index contributed by atoms with van der Waals surface area (Å²) < 4.78 is 43.9. The van der Waals surface area contributed by atoms with Crippen LogP contribution in [-0.4, -0.2) is 30.3 Å². The Bertz CT molecular complexity index is 430. The van der Waals surface area contributed by atoms with E-state index in [1.165, 1.54) is 12.3 Å². The Morgan fingerprint density at radius 2 is 2.05 bits per heavy atom. The highest BCUT2D eigenvalue weighted by molar-refractivity contribution is 5.48. The first kappa shape index (κ1) is 14.1. The molecular formula is C12H16F3N3O. The lowest BCUT2D eigenvalue weighted by molar-refractivity contribution is -0.137. The Morgan fingerprint density at radius 3 is 2.63 bits per heavy atom. The van der Waals surface area contributed by atoms with Crippen molar-refractivity contribution < 1.29 is 17.9 Å². The normalized spacial score (nSPS) is 19.2. The minimum Gasteiger partial charge on any atom is -0.381 e. The molecule has 0 spiro atoms. The largest absolute Gasteiger partial charge is 0.419 e. The maximum Gasteiger partial charge on any atom is 0.419 e. The lowest BCUT2D eigenvalue weighted by Crippen LogP contribution is -2.50. The van der Waals surface area contributed by atoms with Crippen LogP contribution in [-0.2, 0) is 10.9 Å². The first-order valence-corrected chi connectivity index (χ1v) is 6.05. The summed E-state index contributed by atoms with van der Waals surface area (Å²) in [7, 11) is 0. The van der Waals surface area contributed by atoms with Crippen LogP contribution in [0.5, 0.6) is 0 Å². The molecular weight excluding hydrogens is 259 g/mol. The molecule has 2 heterocycles. The van der Waals surface area contributed by atoms with Gasteiger partial charge in [-0.25, -0.2) is 4.98 Å². The molecule has 19 heavy (non-hydrogen) atoms. The average molecular weight is 275 g/mol. The molecule has 0 radical (unpaired) electrons. The predicted molar refractivity (Wildman–Crippen MR) is 64.7 cm³/mol. The maximum atomic E-state index is 12.9. The van der Waals surface area contributed by atoms with Crippen molar-refractivity contribution >= 4 is 5.82 Å². The Labute approximate surface area is 109 Å². The van der Waals surface area contributed by atoms with Crippen LogP contribution in [0.15, 0.2) is 18.3 Å². The molecule has 1 aliphatic rings. The van der Waals surface area contributed by atoms with Gasteiger partial charge in [0.15, 0.2) is 0 Å². The number of anilines is 1. The molecule has 1 aromatic heterocycles. The third-order valence-electron chi connectivity index (χ3n) is 3.34. The zero-order valence-electron chi connectivity index (χ0n) is 10.3. The highest BCUT2D eigenvalue weighted by atomic mass is 19.4. The van der Waals surface area contributed by atoms with Crippen molar-refractivity contribution in [3.63, 3.8) is 0 Å². The second-order valence-electron chi connectivity index (χ2n) is 4.62. The van der Waals surface area contributed by atoms with Crippen LogP contribution in [0, 0.1) is 0 Å². The third-order valence-corrected chi connectivity index (χ3v) is 3.34. The van der Waals surface area contributed by atoms with Gasteiger partial charge >= 0.3 is 6.18 Å². The van der Waals surface area contributed by atoms with Gasteiger partial charge in [-0.15, -0.1) is 0 Å². The van der Waals surface area contributed by atoms with Gasteiger partial charge in [0.05, 0.1) is 11.1 Å². The summed E-state index contributed by atoms with van der Waals surface area (Å²) in [4.78, 5) is 3.80. The number of nitrogens with two attached hydrogens (primary N) is 1. The van der Waals surface area contributed by atoms with Crippen LogP contribution < -0.4 is 11.1 Å². The van der Waals surface area contributed by atoms with Crippen LogP contribution in [0.3, 0.4) is 0 Å². The van der Waals surface area contributed by atoms with E-state index < -0.39 is 17.3 Å². The zero-order valence-corrected chi connectivity index (χ0v) is 10.3. The van der Waals surface area contributed by atoms with Crippen molar-refractivity contribution in [3.8, 4) is 0 Å². The van der Waals surface area contributed by atoms with Gasteiger partial charge in [0.2, 0.25) is 0 Å². The van der Waals surface area contributed by atoms with E-state index in [2.05, 4.69) is 10.3 Å². The van der Waals surface area contributed by atoms with Crippen molar-refractivity contribution in [1.29, 1.82) is 0 Å². The minimum atomic E-state index is -4.43. The smallest absolute Gasteiger partial charge is 0.381 e. The van der Waals surface area contributed by atoms with Gasteiger partial charge in [0.1, 0.15) is 5.82 Å². The van der Waals surface area contributed by atoms with E-state index in [1.54, 1.807) is 0 Å². The van der Waals surface area contributed by atoms with E-state index in [-0.39, 0.29) is 12.4 Å². The van der Waals surface area contributed by atoms with E-state index in [0.717, 1.165) is 6.07 Å². The molecule has 1 aliphatic heterocycles. The molecule has 0 bridgehead atoms. The number of halogens is 3. The van der Waals surface area contributed by atoms with E-state index in [0.29, 0.717) is 26.1 Å². The molecule has 0 unspecified atom stereocenters. The summed E-state index contributed by atoms with van der Waals surface area (Å²) in [5.41, 5.74) is 4.37. The van der Waals surface area contributed by atoms with Gasteiger partial charge in [0.25, 0.3) is 0 Å². The molecule has 4 nitrogen and oxygen atoms in total. The predicted octanol–water partition coefficient (Wildman–Crippen LogP) is 2.02. The van der Waals surface area contributed by atoms with Crippen molar-refractivity contribution in [3.05, 3.63) is 23.9 Å². The summed E-state index contributed by atoms with van der Waals surface area (Å²) in [5.74, 6) is -0.164. The number of nitrogens with one attached hydrogen (secondary N) is 1. The lowest BCUT2D eigenvalue weighted by atomic mass is 9.90. The van der Waals surface area contributed by atoms with Gasteiger partial charge < -0.3 is 15.8 Å². The van der Waals surface area contributed by atoms with Crippen molar-refractivity contribution in [2.24, 2.45) is 5.73 Å². The maximum absolute atomic E-state index is 12.9. The van der Waals surface area contributed by atoms with Crippen LogP contribution >= 0.6 is 0 Å². The van der Waals surface area contributed by atoms with E-state index >= 15 is 0 Å². The second kappa shape index (κ2) is 5.34. The number of ether oxygens (including phenoxy) is 1. The summed E-state index contributed by atoms with van der Waals surface area (Å²) in [6.07, 6.45) is -1.96. The fourth-order valence-corrected chi connectivity index (χ4v) is 2.13. The molecule has 0 aromatic carbocycles. The monoisotopic (exact) mass is 275 g/mol. The SMILES string of the molecule is NCC1(Nc2ncccc2C(F)(F)F)CCOCC1. The number of pyridine rings is 1. The Kier molecular flexibility index (Phi) is 3.96. The standard InChI is InChI=1S/C12H16F3N3O/c13-12(14,15)9-2-1-5-17-10(9)18-11(8-16)3-6-19-7-4-11/h1-2,5H,3-4,6-8,16H2,(H,17,18). The quantitative estimate of drug-likeness (QED) is 0.886. The lowest BCUT2D eigenvalue weighted by Gasteiger charge is -2.37. The van der Waals surface area contributed by atoms with Crippen LogP contribution in [0.2, 0.25) is 0 Å². The highest BCUT2D eigenvalue weighted by Gasteiger charge is 2.38. The highest BCUT2D eigenvalue weighted by Crippen LogP contribution is 2.35. The second-order valence-corrected chi connectivity index (χ2v) is 4.62. The third kappa shape index (κ3) is 3.16. The number of hydrogen-bond donors (Lipinski definition) is 2. The van der Waals surface area contributed by atoms with Gasteiger partial charge in [-0.2, -0.15) is 13.2 Å². The Balaban J connectivity index is 2.27. The number of hydrogen-bond acceptors (Lipinski definition) is 4. The molecule has 1 saturated heterocycles. The molecule has 106 valence electrons. The summed E-state index contributed by atoms with van der Waals surface area (Å²) in [6, 6.07) is 2.28. The number of alkyl halides is 3. The molecule has 3 N–H and O–H groups in total. The fraction of sp³-hybridized carbons (Fsp3) is 0.583. The van der Waals surface area contributed by atoms with Crippen molar-refractivity contribution in [1.82, 2.24) is 4.98 Å². The Hall–Kier alpha value is -1.34. The molecule has 1 fully saturated rings. The molecule has 0 atom stereocenters. The van der Waals surface area contributed by atoms with Gasteiger partial charge in [-0.1, -0.05) is 0 Å². The Morgan fingerprint density at radius 1 is 1.37 bits per heavy atom. The van der Waals surface area contributed by atoms with Crippen molar-refractivity contribution in [2.45, 2.75) is 24.6 Å². The van der Waals surface area contributed by atoms with E-state index in [1.807, 2.05) is 0 Å². The first-order chi connectivity index (χ1) is 8.97. The zero-order chi connectivity index (χ0) is 13.9. The molecule has 0 aliphatic carbocycles. The molecule has 0 amide bonds. The average Bonchev–Trinajstić information content (AvgIpc) is 2.39. The van der Waals surface area contributed by atoms with Crippen molar-refractivity contribution in [2.75, 3.05) is 25.1 Å². The number of aromatic nitrogens is 1. The number of rotatable bonds is 3. The first-order valence-electron chi connectivity index (χ1n) is 6.05. The van der Waals surface area contributed by atoms with E-state index in [9.17, 15) is 13.2 Å². The summed E-state index contributed by atoms with van der Waals surface area (Å²) in [6.45, 7) is 1.21. The molecule has 7 heteroatoms. The van der Waals surface area contributed by atoms with Gasteiger partial charge in [-0.3, -0.25) is 0 Å². The molecule has 2 rings (SSSR count). The van der Waals surface area contributed by atoms with Crippen LogP contribution in [0.4, 0.5) is 19.0 Å². The summed E-state index contributed by atoms with van der Waals surface area (Å²) in [5, 5.41) is 2.88. The van der Waals surface area contributed by atoms with Gasteiger partial charge in [0, 0.05) is 26.0 Å². The topological polar surface area (TPSA) is 60.2 Å².